The first kappa shape index (κ1) is 13.8. The van der Waals surface area contributed by atoms with Crippen molar-refractivity contribution in [1.29, 1.82) is 0 Å². The maximum Gasteiger partial charge on any atom is 0.224 e. The third-order valence-electron chi connectivity index (χ3n) is 3.05. The van der Waals surface area contributed by atoms with Crippen LogP contribution in [0.25, 0.3) is 0 Å². The summed E-state index contributed by atoms with van der Waals surface area (Å²) in [5.74, 6) is -0.971. The van der Waals surface area contributed by atoms with Crippen LogP contribution in [0.3, 0.4) is 0 Å². The van der Waals surface area contributed by atoms with Gasteiger partial charge in [-0.2, -0.15) is 0 Å². The van der Waals surface area contributed by atoms with Gasteiger partial charge in [-0.05, 0) is 21.5 Å². The van der Waals surface area contributed by atoms with Gasteiger partial charge in [0, 0.05) is 19.4 Å². The molecule has 0 radical (unpaired) electrons. The summed E-state index contributed by atoms with van der Waals surface area (Å²) >= 11 is 3.02. The summed E-state index contributed by atoms with van der Waals surface area (Å²) in [7, 11) is 0. The largest absolute Gasteiger partial charge is 0.511 e. The van der Waals surface area contributed by atoms with E-state index < -0.39 is 5.92 Å². The molecule has 0 aromatic heterocycles. The molecule has 0 saturated carbocycles. The molecule has 100 valence electrons. The minimum Gasteiger partial charge on any atom is -0.511 e. The average Bonchev–Trinajstić information content (AvgIpc) is 2.42. The fraction of sp³-hybridized carbons (Fsp3) is 0.286. The van der Waals surface area contributed by atoms with E-state index in [1.165, 1.54) is 0 Å². The number of aliphatic hydroxyl groups is 1. The molecular weight excluding hydrogens is 310 g/mol. The summed E-state index contributed by atoms with van der Waals surface area (Å²) in [6.07, 6.45) is 0.332. The molecule has 1 amide bonds. The normalized spacial score (nSPS) is 19.4. The van der Waals surface area contributed by atoms with Crippen LogP contribution >= 0.6 is 15.9 Å². The van der Waals surface area contributed by atoms with Gasteiger partial charge in [0.2, 0.25) is 5.91 Å². The van der Waals surface area contributed by atoms with E-state index in [-0.39, 0.29) is 34.8 Å². The van der Waals surface area contributed by atoms with Crippen molar-refractivity contribution in [2.45, 2.75) is 19.4 Å². The number of carbonyl (C=O) groups is 2. The molecule has 5 heteroatoms. The summed E-state index contributed by atoms with van der Waals surface area (Å²) in [4.78, 5) is 23.5. The number of benzene rings is 1. The van der Waals surface area contributed by atoms with Crippen molar-refractivity contribution in [3.8, 4) is 0 Å². The van der Waals surface area contributed by atoms with E-state index in [0.717, 1.165) is 5.56 Å². The van der Waals surface area contributed by atoms with Gasteiger partial charge in [0.25, 0.3) is 0 Å². The molecule has 0 fully saturated rings. The smallest absolute Gasteiger partial charge is 0.224 e. The second-order valence-corrected chi connectivity index (χ2v) is 5.29. The highest BCUT2D eigenvalue weighted by molar-refractivity contribution is 9.12. The number of halogens is 1. The second-order valence-electron chi connectivity index (χ2n) is 4.49. The van der Waals surface area contributed by atoms with Gasteiger partial charge in [0.15, 0.2) is 5.78 Å². The Hall–Kier alpha value is -1.62. The molecule has 1 aromatic rings. The zero-order valence-electron chi connectivity index (χ0n) is 10.2. The number of ketones is 1. The molecular formula is C14H14BrNO3. The van der Waals surface area contributed by atoms with Gasteiger partial charge in [-0.1, -0.05) is 30.3 Å². The van der Waals surface area contributed by atoms with E-state index in [0.29, 0.717) is 6.54 Å². The van der Waals surface area contributed by atoms with Crippen molar-refractivity contribution < 1.29 is 14.7 Å². The maximum atomic E-state index is 12.0. The molecule has 19 heavy (non-hydrogen) atoms. The molecule has 0 spiro atoms. The summed E-state index contributed by atoms with van der Waals surface area (Å²) < 4.78 is 0.194. The predicted octanol–water partition coefficient (Wildman–Crippen LogP) is 2.45. The SMILES string of the molecule is O=C1CC(C(=O)NCc2ccccc2)CC(O)=C1Br. The second kappa shape index (κ2) is 6.02. The lowest BCUT2D eigenvalue weighted by molar-refractivity contribution is -0.129. The molecule has 2 N–H and O–H groups in total. The van der Waals surface area contributed by atoms with Crippen molar-refractivity contribution in [2.75, 3.05) is 0 Å². The van der Waals surface area contributed by atoms with Crippen molar-refractivity contribution in [3.05, 3.63) is 46.1 Å². The number of nitrogens with one attached hydrogen (secondary N) is 1. The molecule has 1 aliphatic rings. The Kier molecular flexibility index (Phi) is 4.37. The Labute approximate surface area is 119 Å². The summed E-state index contributed by atoms with van der Waals surface area (Å²) in [6.45, 7) is 0.427. The minimum atomic E-state index is -0.488. The Morgan fingerprint density at radius 1 is 1.32 bits per heavy atom. The van der Waals surface area contributed by atoms with Crippen LogP contribution in [0.1, 0.15) is 18.4 Å². The summed E-state index contributed by atoms with van der Waals surface area (Å²) in [6, 6.07) is 9.54. The summed E-state index contributed by atoms with van der Waals surface area (Å²) in [5, 5.41) is 12.4. The maximum absolute atomic E-state index is 12.0. The van der Waals surface area contributed by atoms with Crippen molar-refractivity contribution in [1.82, 2.24) is 5.32 Å². The lowest BCUT2D eigenvalue weighted by atomic mass is 9.91. The third kappa shape index (κ3) is 3.44. The molecule has 0 saturated heterocycles. The lowest BCUT2D eigenvalue weighted by Crippen LogP contribution is -2.34. The number of carbonyl (C=O) groups excluding carboxylic acids is 2. The van der Waals surface area contributed by atoms with Crippen molar-refractivity contribution in [3.63, 3.8) is 0 Å². The Bertz CT molecular complexity index is 525. The monoisotopic (exact) mass is 323 g/mol. The molecule has 0 bridgehead atoms. The lowest BCUT2D eigenvalue weighted by Gasteiger charge is -2.20. The van der Waals surface area contributed by atoms with Gasteiger partial charge in [-0.3, -0.25) is 9.59 Å². The van der Waals surface area contributed by atoms with Gasteiger partial charge in [0.1, 0.15) is 5.76 Å². The van der Waals surface area contributed by atoms with E-state index in [2.05, 4.69) is 21.2 Å². The molecule has 1 unspecified atom stereocenters. The van der Waals surface area contributed by atoms with E-state index in [9.17, 15) is 14.7 Å². The molecule has 2 rings (SSSR count). The topological polar surface area (TPSA) is 66.4 Å². The van der Waals surface area contributed by atoms with E-state index >= 15 is 0 Å². The van der Waals surface area contributed by atoms with Crippen LogP contribution < -0.4 is 5.32 Å². The van der Waals surface area contributed by atoms with Crippen LogP contribution in [0.4, 0.5) is 0 Å². The van der Waals surface area contributed by atoms with E-state index in [4.69, 9.17) is 0 Å². The van der Waals surface area contributed by atoms with Gasteiger partial charge in [-0.15, -0.1) is 0 Å². The first-order valence-corrected chi connectivity index (χ1v) is 6.79. The predicted molar refractivity (Wildman–Crippen MR) is 74.6 cm³/mol. The molecule has 4 nitrogen and oxygen atoms in total. The van der Waals surface area contributed by atoms with Crippen LogP contribution in [0.2, 0.25) is 0 Å². The summed E-state index contributed by atoms with van der Waals surface area (Å²) in [5.41, 5.74) is 0.999. The number of Topliss-reactive ketones (excluding diaryl/α,β-unsaturated/α-hetero) is 1. The Morgan fingerprint density at radius 2 is 2.00 bits per heavy atom. The molecule has 1 atom stereocenters. The standard InChI is InChI=1S/C14H14BrNO3/c15-13-11(17)6-10(7-12(13)18)14(19)16-8-9-4-2-1-3-5-9/h1-5,10,17H,6-8H2,(H,16,19). The number of amides is 1. The van der Waals surface area contributed by atoms with Gasteiger partial charge < -0.3 is 10.4 Å². The first-order chi connectivity index (χ1) is 9.08. The fourth-order valence-electron chi connectivity index (χ4n) is 1.98. The van der Waals surface area contributed by atoms with Gasteiger partial charge >= 0.3 is 0 Å². The number of hydrogen-bond donors (Lipinski definition) is 2. The highest BCUT2D eigenvalue weighted by atomic mass is 79.9. The number of aliphatic hydroxyl groups excluding tert-OH is 1. The quantitative estimate of drug-likeness (QED) is 0.897. The van der Waals surface area contributed by atoms with Crippen LogP contribution in [-0.2, 0) is 16.1 Å². The highest BCUT2D eigenvalue weighted by Gasteiger charge is 2.30. The van der Waals surface area contributed by atoms with E-state index in [1.54, 1.807) is 0 Å². The van der Waals surface area contributed by atoms with Gasteiger partial charge in [-0.25, -0.2) is 0 Å². The number of hydrogen-bond acceptors (Lipinski definition) is 3. The van der Waals surface area contributed by atoms with Crippen LogP contribution in [-0.4, -0.2) is 16.8 Å². The van der Waals surface area contributed by atoms with Crippen LogP contribution in [0.5, 0.6) is 0 Å². The molecule has 1 aromatic carbocycles. The highest BCUT2D eigenvalue weighted by Crippen LogP contribution is 2.28. The Morgan fingerprint density at radius 3 is 2.63 bits per heavy atom. The van der Waals surface area contributed by atoms with E-state index in [1.807, 2.05) is 30.3 Å². The molecule has 0 heterocycles. The molecule has 0 aliphatic heterocycles. The zero-order chi connectivity index (χ0) is 13.8. The molecule has 1 aliphatic carbocycles. The number of rotatable bonds is 3. The van der Waals surface area contributed by atoms with Crippen molar-refractivity contribution >= 4 is 27.6 Å². The third-order valence-corrected chi connectivity index (χ3v) is 3.95. The van der Waals surface area contributed by atoms with Crippen molar-refractivity contribution in [2.24, 2.45) is 5.92 Å². The van der Waals surface area contributed by atoms with Crippen LogP contribution in [0.15, 0.2) is 40.6 Å². The van der Waals surface area contributed by atoms with Crippen LogP contribution in [0, 0.1) is 5.92 Å². The first-order valence-electron chi connectivity index (χ1n) is 6.00. The Balaban J connectivity index is 1.93. The number of allylic oxidation sites excluding steroid dienone is 2. The zero-order valence-corrected chi connectivity index (χ0v) is 11.8. The van der Waals surface area contributed by atoms with Gasteiger partial charge in [0.05, 0.1) is 10.4 Å². The minimum absolute atomic E-state index is 0.0453. The average molecular weight is 324 g/mol. The fourth-order valence-corrected chi connectivity index (χ4v) is 2.31.